The standard InChI is InChI=1S/C13H19N5O2/c1-16-9-2-3-10(16)8-17(5-4-9)13-7-11(18(19)20)6-12(14)15-13/h6-7,9-10H,2-5,8H2,1H3,(H2,14,15). The van der Waals surface area contributed by atoms with Crippen LogP contribution < -0.4 is 10.6 Å². The van der Waals surface area contributed by atoms with Crippen LogP contribution in [0.4, 0.5) is 17.3 Å². The third kappa shape index (κ3) is 2.29. The molecule has 2 bridgehead atoms. The van der Waals surface area contributed by atoms with Gasteiger partial charge >= 0.3 is 0 Å². The van der Waals surface area contributed by atoms with Crippen LogP contribution in [-0.2, 0) is 0 Å². The third-order valence-electron chi connectivity index (χ3n) is 4.50. The minimum absolute atomic E-state index is 0.00950. The first-order valence-corrected chi connectivity index (χ1v) is 6.93. The monoisotopic (exact) mass is 277 g/mol. The molecular formula is C13H19N5O2. The first-order chi connectivity index (χ1) is 9.54. The average Bonchev–Trinajstić information content (AvgIpc) is 2.62. The lowest BCUT2D eigenvalue weighted by Crippen LogP contribution is -2.37. The van der Waals surface area contributed by atoms with Crippen LogP contribution in [-0.4, -0.2) is 47.0 Å². The maximum atomic E-state index is 10.9. The van der Waals surface area contributed by atoms with E-state index in [2.05, 4.69) is 21.8 Å². The summed E-state index contributed by atoms with van der Waals surface area (Å²) < 4.78 is 0. The molecule has 7 nitrogen and oxygen atoms in total. The fourth-order valence-electron chi connectivity index (χ4n) is 3.31. The van der Waals surface area contributed by atoms with Crippen LogP contribution in [0.5, 0.6) is 0 Å². The second kappa shape index (κ2) is 4.90. The Balaban J connectivity index is 1.87. The van der Waals surface area contributed by atoms with Crippen molar-refractivity contribution in [3.05, 3.63) is 22.2 Å². The molecule has 7 heteroatoms. The number of nitrogens with zero attached hydrogens (tertiary/aromatic N) is 4. The number of nitrogen functional groups attached to an aromatic ring is 1. The normalized spacial score (nSPS) is 26.6. The highest BCUT2D eigenvalue weighted by atomic mass is 16.6. The molecule has 2 N–H and O–H groups in total. The Kier molecular flexibility index (Phi) is 3.21. The number of nitro groups is 1. The summed E-state index contributed by atoms with van der Waals surface area (Å²) >= 11 is 0. The van der Waals surface area contributed by atoms with Gasteiger partial charge in [-0.3, -0.25) is 15.0 Å². The van der Waals surface area contributed by atoms with Crippen molar-refractivity contribution in [2.24, 2.45) is 0 Å². The summed E-state index contributed by atoms with van der Waals surface area (Å²) in [6.07, 6.45) is 3.50. The Hall–Kier alpha value is -1.89. The van der Waals surface area contributed by atoms with Gasteiger partial charge in [0.2, 0.25) is 0 Å². The maximum Gasteiger partial charge on any atom is 0.276 e. The number of anilines is 2. The summed E-state index contributed by atoms with van der Waals surface area (Å²) in [7, 11) is 2.17. The lowest BCUT2D eigenvalue weighted by Gasteiger charge is -2.26. The summed E-state index contributed by atoms with van der Waals surface area (Å²) in [4.78, 5) is 19.3. The molecular weight excluding hydrogens is 258 g/mol. The van der Waals surface area contributed by atoms with E-state index < -0.39 is 4.92 Å². The molecule has 2 aliphatic rings. The van der Waals surface area contributed by atoms with Crippen LogP contribution in [0, 0.1) is 10.1 Å². The molecule has 0 saturated carbocycles. The number of likely N-dealkylation sites (N-methyl/N-ethyl adjacent to an activating group) is 1. The highest BCUT2D eigenvalue weighted by Crippen LogP contribution is 2.31. The molecule has 1 aromatic rings. The zero-order valence-electron chi connectivity index (χ0n) is 11.5. The van der Waals surface area contributed by atoms with E-state index >= 15 is 0 Å². The first-order valence-electron chi connectivity index (χ1n) is 6.93. The van der Waals surface area contributed by atoms with Gasteiger partial charge in [0.25, 0.3) is 5.69 Å². The van der Waals surface area contributed by atoms with Crippen LogP contribution in [0.2, 0.25) is 0 Å². The summed E-state index contributed by atoms with van der Waals surface area (Å²) in [6, 6.07) is 3.96. The molecule has 2 aliphatic heterocycles. The molecule has 1 aromatic heterocycles. The molecule has 0 spiro atoms. The van der Waals surface area contributed by atoms with E-state index in [0.29, 0.717) is 17.9 Å². The van der Waals surface area contributed by atoms with Crippen LogP contribution in [0.3, 0.4) is 0 Å². The Morgan fingerprint density at radius 1 is 1.35 bits per heavy atom. The molecule has 0 aliphatic carbocycles. The molecule has 20 heavy (non-hydrogen) atoms. The Morgan fingerprint density at radius 2 is 2.10 bits per heavy atom. The number of rotatable bonds is 2. The van der Waals surface area contributed by atoms with Crippen molar-refractivity contribution in [1.29, 1.82) is 0 Å². The van der Waals surface area contributed by atoms with E-state index in [0.717, 1.165) is 19.5 Å². The Labute approximate surface area is 117 Å². The van der Waals surface area contributed by atoms with Gasteiger partial charge in [-0.2, -0.15) is 0 Å². The van der Waals surface area contributed by atoms with Crippen molar-refractivity contribution in [2.75, 3.05) is 30.8 Å². The van der Waals surface area contributed by atoms with E-state index in [1.807, 2.05) is 0 Å². The highest BCUT2D eigenvalue weighted by Gasteiger charge is 2.35. The van der Waals surface area contributed by atoms with Gasteiger partial charge in [0, 0.05) is 25.2 Å². The van der Waals surface area contributed by atoms with Gasteiger partial charge in [-0.25, -0.2) is 4.98 Å². The molecule has 2 fully saturated rings. The van der Waals surface area contributed by atoms with E-state index in [4.69, 9.17) is 5.73 Å². The van der Waals surface area contributed by atoms with Crippen molar-refractivity contribution >= 4 is 17.3 Å². The molecule has 2 atom stereocenters. The largest absolute Gasteiger partial charge is 0.383 e. The predicted octanol–water partition coefficient (Wildman–Crippen LogP) is 1.24. The second-order valence-corrected chi connectivity index (χ2v) is 5.65. The van der Waals surface area contributed by atoms with Crippen LogP contribution in [0.1, 0.15) is 19.3 Å². The van der Waals surface area contributed by atoms with Crippen molar-refractivity contribution < 1.29 is 4.92 Å². The smallest absolute Gasteiger partial charge is 0.276 e. The van der Waals surface area contributed by atoms with Gasteiger partial charge in [0.05, 0.1) is 17.1 Å². The Morgan fingerprint density at radius 3 is 2.85 bits per heavy atom. The van der Waals surface area contributed by atoms with E-state index in [1.54, 1.807) is 0 Å². The topological polar surface area (TPSA) is 88.5 Å². The van der Waals surface area contributed by atoms with Crippen molar-refractivity contribution in [3.8, 4) is 0 Å². The molecule has 0 radical (unpaired) electrons. The molecule has 2 saturated heterocycles. The van der Waals surface area contributed by atoms with Crippen molar-refractivity contribution in [2.45, 2.75) is 31.3 Å². The van der Waals surface area contributed by atoms with Gasteiger partial charge in [-0.1, -0.05) is 0 Å². The fourth-order valence-corrected chi connectivity index (χ4v) is 3.31. The molecule has 0 amide bonds. The van der Waals surface area contributed by atoms with Crippen molar-refractivity contribution in [3.63, 3.8) is 0 Å². The average molecular weight is 277 g/mol. The lowest BCUT2D eigenvalue weighted by molar-refractivity contribution is -0.384. The molecule has 2 unspecified atom stereocenters. The van der Waals surface area contributed by atoms with E-state index in [-0.39, 0.29) is 11.5 Å². The molecule has 108 valence electrons. The number of hydrogen-bond acceptors (Lipinski definition) is 6. The van der Waals surface area contributed by atoms with Crippen LogP contribution in [0.25, 0.3) is 0 Å². The number of pyridine rings is 1. The number of nitrogens with two attached hydrogens (primary N) is 1. The van der Waals surface area contributed by atoms with Gasteiger partial charge < -0.3 is 10.6 Å². The van der Waals surface area contributed by atoms with Crippen LogP contribution in [0.15, 0.2) is 12.1 Å². The van der Waals surface area contributed by atoms with Crippen molar-refractivity contribution in [1.82, 2.24) is 9.88 Å². The first kappa shape index (κ1) is 13.1. The number of aromatic nitrogens is 1. The third-order valence-corrected chi connectivity index (χ3v) is 4.50. The minimum Gasteiger partial charge on any atom is -0.383 e. The van der Waals surface area contributed by atoms with Gasteiger partial charge in [-0.05, 0) is 26.3 Å². The van der Waals surface area contributed by atoms with E-state index in [1.165, 1.54) is 25.0 Å². The van der Waals surface area contributed by atoms with Gasteiger partial charge in [0.1, 0.15) is 11.6 Å². The maximum absolute atomic E-state index is 10.9. The summed E-state index contributed by atoms with van der Waals surface area (Å²) in [5, 5.41) is 10.9. The zero-order valence-corrected chi connectivity index (χ0v) is 11.5. The zero-order chi connectivity index (χ0) is 14.3. The summed E-state index contributed by atoms with van der Waals surface area (Å²) in [5.41, 5.74) is 5.70. The SMILES string of the molecule is CN1C2CCC1CN(c1cc([N+](=O)[O-])cc(N)n1)CC2. The Bertz CT molecular complexity index is 535. The van der Waals surface area contributed by atoms with Gasteiger partial charge in [0.15, 0.2) is 0 Å². The summed E-state index contributed by atoms with van der Waals surface area (Å²) in [5.74, 6) is 0.828. The highest BCUT2D eigenvalue weighted by molar-refractivity contribution is 5.54. The minimum atomic E-state index is -0.419. The summed E-state index contributed by atoms with van der Waals surface area (Å²) in [6.45, 7) is 1.74. The van der Waals surface area contributed by atoms with E-state index in [9.17, 15) is 10.1 Å². The quantitative estimate of drug-likeness (QED) is 0.646. The lowest BCUT2D eigenvalue weighted by atomic mass is 10.1. The fraction of sp³-hybridized carbons (Fsp3) is 0.615. The molecule has 0 aromatic carbocycles. The second-order valence-electron chi connectivity index (χ2n) is 5.65. The van der Waals surface area contributed by atoms with Crippen LogP contribution >= 0.6 is 0 Å². The van der Waals surface area contributed by atoms with Gasteiger partial charge in [-0.15, -0.1) is 0 Å². The number of fused-ring (bicyclic) bond motifs is 2. The number of hydrogen-bond donors (Lipinski definition) is 1. The predicted molar refractivity (Wildman–Crippen MR) is 76.7 cm³/mol. The molecule has 3 heterocycles. The molecule has 3 rings (SSSR count).